The predicted octanol–water partition coefficient (Wildman–Crippen LogP) is 3.76. The minimum absolute atomic E-state index is 0.537. The van der Waals surface area contributed by atoms with Crippen LogP contribution in [0.3, 0.4) is 0 Å². The Morgan fingerprint density at radius 2 is 2.31 bits per heavy atom. The molecule has 1 aliphatic rings. The van der Waals surface area contributed by atoms with Gasteiger partial charge in [0, 0.05) is 23.4 Å². The standard InChI is InChI=1S/C12H14Br2O2/c13-6-10-2-1-3-11(14)12(10)16-8-9-4-5-15-7-9/h1-3,9H,4-8H2. The lowest BCUT2D eigenvalue weighted by atomic mass is 10.1. The van der Waals surface area contributed by atoms with E-state index < -0.39 is 0 Å². The summed E-state index contributed by atoms with van der Waals surface area (Å²) in [6.07, 6.45) is 1.11. The van der Waals surface area contributed by atoms with E-state index >= 15 is 0 Å². The first-order chi connectivity index (χ1) is 7.81. The topological polar surface area (TPSA) is 18.5 Å². The lowest BCUT2D eigenvalue weighted by Gasteiger charge is -2.14. The first-order valence-corrected chi connectivity index (χ1v) is 7.26. The third-order valence-electron chi connectivity index (χ3n) is 2.68. The third kappa shape index (κ3) is 2.99. The Labute approximate surface area is 113 Å². The van der Waals surface area contributed by atoms with Crippen LogP contribution in [0.5, 0.6) is 5.75 Å². The van der Waals surface area contributed by atoms with Crippen LogP contribution in [-0.2, 0) is 10.1 Å². The molecule has 4 heteroatoms. The number of para-hydroxylation sites is 1. The minimum atomic E-state index is 0.537. The van der Waals surface area contributed by atoms with Crippen LogP contribution in [0.15, 0.2) is 22.7 Å². The maximum Gasteiger partial charge on any atom is 0.137 e. The number of halogens is 2. The van der Waals surface area contributed by atoms with Gasteiger partial charge in [0.2, 0.25) is 0 Å². The normalized spacial score (nSPS) is 20.0. The van der Waals surface area contributed by atoms with Crippen molar-refractivity contribution in [2.75, 3.05) is 19.8 Å². The van der Waals surface area contributed by atoms with Crippen LogP contribution in [0.2, 0.25) is 0 Å². The number of hydrogen-bond donors (Lipinski definition) is 0. The molecule has 1 aromatic rings. The van der Waals surface area contributed by atoms with Crippen molar-refractivity contribution in [1.82, 2.24) is 0 Å². The number of rotatable bonds is 4. The number of hydrogen-bond acceptors (Lipinski definition) is 2. The molecule has 88 valence electrons. The molecule has 0 bridgehead atoms. The summed E-state index contributed by atoms with van der Waals surface area (Å²) in [4.78, 5) is 0. The maximum absolute atomic E-state index is 5.89. The molecule has 1 saturated heterocycles. The second-order valence-electron chi connectivity index (χ2n) is 3.90. The van der Waals surface area contributed by atoms with Crippen LogP contribution in [-0.4, -0.2) is 19.8 Å². The zero-order chi connectivity index (χ0) is 11.4. The molecular formula is C12H14Br2O2. The van der Waals surface area contributed by atoms with Gasteiger partial charge < -0.3 is 9.47 Å². The second-order valence-corrected chi connectivity index (χ2v) is 5.32. The molecule has 0 aromatic heterocycles. The molecular weight excluding hydrogens is 336 g/mol. The van der Waals surface area contributed by atoms with Crippen molar-refractivity contribution >= 4 is 31.9 Å². The summed E-state index contributed by atoms with van der Waals surface area (Å²) in [6, 6.07) is 6.10. The summed E-state index contributed by atoms with van der Waals surface area (Å²) in [6.45, 7) is 2.44. The molecule has 1 unspecified atom stereocenters. The first kappa shape index (κ1) is 12.4. The summed E-state index contributed by atoms with van der Waals surface area (Å²) in [7, 11) is 0. The highest BCUT2D eigenvalue weighted by atomic mass is 79.9. The highest BCUT2D eigenvalue weighted by Crippen LogP contribution is 2.31. The average Bonchev–Trinajstić information content (AvgIpc) is 2.80. The molecule has 1 aromatic carbocycles. The fourth-order valence-corrected chi connectivity index (χ4v) is 2.70. The van der Waals surface area contributed by atoms with E-state index in [0.29, 0.717) is 5.92 Å². The Balaban J connectivity index is 2.01. The van der Waals surface area contributed by atoms with Crippen LogP contribution < -0.4 is 4.74 Å². The lowest BCUT2D eigenvalue weighted by Crippen LogP contribution is -2.12. The monoisotopic (exact) mass is 348 g/mol. The maximum atomic E-state index is 5.89. The van der Waals surface area contributed by atoms with E-state index in [2.05, 4.69) is 37.9 Å². The molecule has 1 atom stereocenters. The Bertz CT molecular complexity index is 349. The lowest BCUT2D eigenvalue weighted by molar-refractivity contribution is 0.166. The van der Waals surface area contributed by atoms with Gasteiger partial charge in [-0.2, -0.15) is 0 Å². The van der Waals surface area contributed by atoms with Crippen LogP contribution in [0.25, 0.3) is 0 Å². The van der Waals surface area contributed by atoms with Gasteiger partial charge in [-0.15, -0.1) is 0 Å². The van der Waals surface area contributed by atoms with Gasteiger partial charge in [-0.05, 0) is 28.4 Å². The molecule has 1 heterocycles. The zero-order valence-electron chi connectivity index (χ0n) is 8.92. The van der Waals surface area contributed by atoms with Gasteiger partial charge >= 0.3 is 0 Å². The largest absolute Gasteiger partial charge is 0.492 e. The molecule has 0 saturated carbocycles. The average molecular weight is 350 g/mol. The summed E-state index contributed by atoms with van der Waals surface area (Å²) >= 11 is 6.99. The molecule has 0 aliphatic carbocycles. The van der Waals surface area contributed by atoms with Gasteiger partial charge in [0.1, 0.15) is 5.75 Å². The zero-order valence-corrected chi connectivity index (χ0v) is 12.1. The summed E-state index contributed by atoms with van der Waals surface area (Å²) in [5, 5.41) is 0.808. The molecule has 0 N–H and O–H groups in total. The van der Waals surface area contributed by atoms with Crippen molar-refractivity contribution in [1.29, 1.82) is 0 Å². The Kier molecular flexibility index (Phi) is 4.67. The van der Waals surface area contributed by atoms with Crippen LogP contribution in [0.1, 0.15) is 12.0 Å². The summed E-state index contributed by atoms with van der Waals surface area (Å²) in [5.41, 5.74) is 1.17. The van der Waals surface area contributed by atoms with E-state index in [4.69, 9.17) is 9.47 Å². The first-order valence-electron chi connectivity index (χ1n) is 5.35. The second kappa shape index (κ2) is 6.03. The molecule has 1 aliphatic heterocycles. The van der Waals surface area contributed by atoms with E-state index in [1.807, 2.05) is 12.1 Å². The van der Waals surface area contributed by atoms with Gasteiger partial charge in [0.05, 0.1) is 17.7 Å². The SMILES string of the molecule is BrCc1cccc(Br)c1OCC1CCOC1. The van der Waals surface area contributed by atoms with Crippen molar-refractivity contribution < 1.29 is 9.47 Å². The molecule has 0 spiro atoms. The molecule has 16 heavy (non-hydrogen) atoms. The Hall–Kier alpha value is -0.0600. The molecule has 1 fully saturated rings. The highest BCUT2D eigenvalue weighted by Gasteiger charge is 2.17. The van der Waals surface area contributed by atoms with Gasteiger partial charge in [-0.3, -0.25) is 0 Å². The van der Waals surface area contributed by atoms with Crippen LogP contribution >= 0.6 is 31.9 Å². The summed E-state index contributed by atoms with van der Waals surface area (Å²) in [5.74, 6) is 1.49. The van der Waals surface area contributed by atoms with E-state index in [1.54, 1.807) is 0 Å². The summed E-state index contributed by atoms with van der Waals surface area (Å²) < 4.78 is 12.2. The highest BCUT2D eigenvalue weighted by molar-refractivity contribution is 9.10. The van der Waals surface area contributed by atoms with E-state index in [1.165, 1.54) is 5.56 Å². The minimum Gasteiger partial charge on any atom is -0.492 e. The van der Waals surface area contributed by atoms with Crippen LogP contribution in [0.4, 0.5) is 0 Å². The van der Waals surface area contributed by atoms with Crippen molar-refractivity contribution in [3.05, 3.63) is 28.2 Å². The molecule has 0 radical (unpaired) electrons. The van der Waals surface area contributed by atoms with E-state index in [9.17, 15) is 0 Å². The fourth-order valence-electron chi connectivity index (χ4n) is 1.74. The molecule has 0 amide bonds. The Morgan fingerprint density at radius 3 is 3.00 bits per heavy atom. The third-order valence-corrected chi connectivity index (χ3v) is 3.91. The van der Waals surface area contributed by atoms with Gasteiger partial charge in [0.15, 0.2) is 0 Å². The molecule has 2 nitrogen and oxygen atoms in total. The van der Waals surface area contributed by atoms with Gasteiger partial charge in [-0.1, -0.05) is 28.1 Å². The van der Waals surface area contributed by atoms with Crippen LogP contribution in [0, 0.1) is 5.92 Å². The number of alkyl halides is 1. The smallest absolute Gasteiger partial charge is 0.137 e. The van der Waals surface area contributed by atoms with Crippen molar-refractivity contribution in [2.24, 2.45) is 5.92 Å². The van der Waals surface area contributed by atoms with Gasteiger partial charge in [-0.25, -0.2) is 0 Å². The molecule has 2 rings (SSSR count). The predicted molar refractivity (Wildman–Crippen MR) is 71.2 cm³/mol. The quantitative estimate of drug-likeness (QED) is 0.770. The van der Waals surface area contributed by atoms with Crippen molar-refractivity contribution in [3.8, 4) is 5.75 Å². The van der Waals surface area contributed by atoms with Crippen molar-refractivity contribution in [2.45, 2.75) is 11.8 Å². The van der Waals surface area contributed by atoms with E-state index in [0.717, 1.165) is 41.8 Å². The van der Waals surface area contributed by atoms with Gasteiger partial charge in [0.25, 0.3) is 0 Å². The Morgan fingerprint density at radius 1 is 1.44 bits per heavy atom. The van der Waals surface area contributed by atoms with E-state index in [-0.39, 0.29) is 0 Å². The fraction of sp³-hybridized carbons (Fsp3) is 0.500. The number of benzene rings is 1. The van der Waals surface area contributed by atoms with Crippen molar-refractivity contribution in [3.63, 3.8) is 0 Å². The number of ether oxygens (including phenoxy) is 2.